The molecule has 2 nitrogen and oxygen atoms in total. The van der Waals surface area contributed by atoms with Crippen LogP contribution in [0.15, 0.2) is 0 Å². The minimum Gasteiger partial charge on any atom is -0.302 e. The molecule has 0 bridgehead atoms. The largest absolute Gasteiger partial charge is 0.302 e. The zero-order valence-electron chi connectivity index (χ0n) is 7.54. The van der Waals surface area contributed by atoms with Gasteiger partial charge in [-0.15, -0.1) is 0 Å². The Hall–Kier alpha value is -0.370. The summed E-state index contributed by atoms with van der Waals surface area (Å²) in [7, 11) is 0. The van der Waals surface area contributed by atoms with Crippen molar-refractivity contribution in [3.8, 4) is 0 Å². The Morgan fingerprint density at radius 3 is 2.75 bits per heavy atom. The standard InChI is InChI=1S/C10H17NO/c12-8-10-3-1-2-6-11(10)7-9-4-5-9/h8-10H,1-7H2. The van der Waals surface area contributed by atoms with E-state index in [1.165, 1.54) is 32.2 Å². The van der Waals surface area contributed by atoms with Crippen LogP contribution in [0.1, 0.15) is 32.1 Å². The molecule has 1 saturated heterocycles. The van der Waals surface area contributed by atoms with E-state index in [2.05, 4.69) is 4.90 Å². The fraction of sp³-hybridized carbons (Fsp3) is 0.900. The molecule has 1 aliphatic heterocycles. The summed E-state index contributed by atoms with van der Waals surface area (Å²) in [6.45, 7) is 2.34. The van der Waals surface area contributed by atoms with Crippen LogP contribution in [0.2, 0.25) is 0 Å². The van der Waals surface area contributed by atoms with E-state index >= 15 is 0 Å². The normalized spacial score (nSPS) is 31.8. The summed E-state index contributed by atoms with van der Waals surface area (Å²) < 4.78 is 0. The molecule has 0 spiro atoms. The highest BCUT2D eigenvalue weighted by Gasteiger charge is 2.29. The van der Waals surface area contributed by atoms with Crippen molar-refractivity contribution in [3.05, 3.63) is 0 Å². The van der Waals surface area contributed by atoms with Crippen LogP contribution in [0.3, 0.4) is 0 Å². The third-order valence-electron chi connectivity index (χ3n) is 3.01. The highest BCUT2D eigenvalue weighted by molar-refractivity contribution is 5.57. The molecule has 2 rings (SSSR count). The molecule has 68 valence electrons. The number of carbonyl (C=O) groups excluding carboxylic acids is 1. The van der Waals surface area contributed by atoms with Gasteiger partial charge in [0.1, 0.15) is 6.29 Å². The zero-order chi connectivity index (χ0) is 8.39. The van der Waals surface area contributed by atoms with E-state index in [0.717, 1.165) is 25.2 Å². The second-order valence-corrected chi connectivity index (χ2v) is 4.14. The van der Waals surface area contributed by atoms with Gasteiger partial charge in [-0.1, -0.05) is 6.42 Å². The topological polar surface area (TPSA) is 20.3 Å². The molecule has 1 atom stereocenters. The first-order chi connectivity index (χ1) is 5.90. The van der Waals surface area contributed by atoms with Crippen LogP contribution in [0.4, 0.5) is 0 Å². The maximum atomic E-state index is 10.7. The molecule has 2 heteroatoms. The Balaban J connectivity index is 1.85. The molecule has 0 amide bonds. The van der Waals surface area contributed by atoms with Gasteiger partial charge in [-0.2, -0.15) is 0 Å². The molecule has 1 saturated carbocycles. The number of carbonyl (C=O) groups is 1. The van der Waals surface area contributed by atoms with Gasteiger partial charge in [-0.3, -0.25) is 4.90 Å². The number of likely N-dealkylation sites (tertiary alicyclic amines) is 1. The van der Waals surface area contributed by atoms with Crippen LogP contribution in [-0.2, 0) is 4.79 Å². The minimum absolute atomic E-state index is 0.249. The summed E-state index contributed by atoms with van der Waals surface area (Å²) in [4.78, 5) is 13.1. The van der Waals surface area contributed by atoms with E-state index in [1.807, 2.05) is 0 Å². The molecule has 2 fully saturated rings. The highest BCUT2D eigenvalue weighted by atomic mass is 16.1. The number of rotatable bonds is 3. The van der Waals surface area contributed by atoms with E-state index in [-0.39, 0.29) is 6.04 Å². The summed E-state index contributed by atoms with van der Waals surface area (Å²) >= 11 is 0. The number of aldehydes is 1. The summed E-state index contributed by atoms with van der Waals surface area (Å²) in [6.07, 6.45) is 7.55. The average Bonchev–Trinajstić information content (AvgIpc) is 2.89. The Bertz CT molecular complexity index is 165. The Morgan fingerprint density at radius 1 is 1.25 bits per heavy atom. The molecule has 2 aliphatic rings. The van der Waals surface area contributed by atoms with Crippen molar-refractivity contribution in [2.45, 2.75) is 38.1 Å². The van der Waals surface area contributed by atoms with Gasteiger partial charge in [0.25, 0.3) is 0 Å². The summed E-state index contributed by atoms with van der Waals surface area (Å²) in [6, 6.07) is 0.249. The van der Waals surface area contributed by atoms with Gasteiger partial charge < -0.3 is 4.79 Å². The molecule has 0 aromatic carbocycles. The van der Waals surface area contributed by atoms with Gasteiger partial charge in [0.15, 0.2) is 0 Å². The van der Waals surface area contributed by atoms with Crippen molar-refractivity contribution in [2.24, 2.45) is 5.92 Å². The van der Waals surface area contributed by atoms with Crippen LogP contribution >= 0.6 is 0 Å². The molecule has 0 N–H and O–H groups in total. The van der Waals surface area contributed by atoms with E-state index in [9.17, 15) is 4.79 Å². The van der Waals surface area contributed by atoms with Gasteiger partial charge in [0.2, 0.25) is 0 Å². The Morgan fingerprint density at radius 2 is 2.08 bits per heavy atom. The van der Waals surface area contributed by atoms with E-state index in [4.69, 9.17) is 0 Å². The first-order valence-electron chi connectivity index (χ1n) is 5.09. The quantitative estimate of drug-likeness (QED) is 0.593. The van der Waals surface area contributed by atoms with Gasteiger partial charge in [-0.25, -0.2) is 0 Å². The predicted molar refractivity (Wildman–Crippen MR) is 48.0 cm³/mol. The highest BCUT2D eigenvalue weighted by Crippen LogP contribution is 2.31. The molecule has 0 radical (unpaired) electrons. The van der Waals surface area contributed by atoms with Crippen molar-refractivity contribution < 1.29 is 4.79 Å². The third kappa shape index (κ3) is 1.86. The van der Waals surface area contributed by atoms with Gasteiger partial charge >= 0.3 is 0 Å². The van der Waals surface area contributed by atoms with Crippen molar-refractivity contribution in [1.82, 2.24) is 4.90 Å². The van der Waals surface area contributed by atoms with Crippen molar-refractivity contribution in [2.75, 3.05) is 13.1 Å². The zero-order valence-corrected chi connectivity index (χ0v) is 7.54. The van der Waals surface area contributed by atoms with E-state index in [1.54, 1.807) is 0 Å². The van der Waals surface area contributed by atoms with Gasteiger partial charge in [0.05, 0.1) is 6.04 Å². The SMILES string of the molecule is O=CC1CCCCN1CC1CC1. The lowest BCUT2D eigenvalue weighted by Gasteiger charge is -2.32. The van der Waals surface area contributed by atoms with Crippen LogP contribution in [0.25, 0.3) is 0 Å². The molecule has 0 aromatic heterocycles. The molecule has 12 heavy (non-hydrogen) atoms. The first-order valence-corrected chi connectivity index (χ1v) is 5.09. The number of nitrogens with zero attached hydrogens (tertiary/aromatic N) is 1. The Labute approximate surface area is 73.9 Å². The lowest BCUT2D eigenvalue weighted by atomic mass is 10.0. The van der Waals surface area contributed by atoms with E-state index < -0.39 is 0 Å². The molecular formula is C10H17NO. The summed E-state index contributed by atoms with van der Waals surface area (Å²) in [5, 5.41) is 0. The fourth-order valence-electron chi connectivity index (χ4n) is 2.03. The first kappa shape index (κ1) is 8.24. The number of hydrogen-bond donors (Lipinski definition) is 0. The third-order valence-corrected chi connectivity index (χ3v) is 3.01. The maximum Gasteiger partial charge on any atom is 0.137 e. The van der Waals surface area contributed by atoms with Crippen LogP contribution in [0, 0.1) is 5.92 Å². The Kier molecular flexibility index (Phi) is 2.45. The maximum absolute atomic E-state index is 10.7. The predicted octanol–water partition coefficient (Wildman–Crippen LogP) is 1.45. The second kappa shape index (κ2) is 3.56. The molecule has 1 heterocycles. The van der Waals surface area contributed by atoms with Crippen molar-refractivity contribution in [3.63, 3.8) is 0 Å². The number of hydrogen-bond acceptors (Lipinski definition) is 2. The molecular weight excluding hydrogens is 150 g/mol. The number of piperidine rings is 1. The minimum atomic E-state index is 0.249. The molecule has 0 aromatic rings. The van der Waals surface area contributed by atoms with Gasteiger partial charge in [-0.05, 0) is 38.1 Å². The lowest BCUT2D eigenvalue weighted by Crippen LogP contribution is -2.41. The van der Waals surface area contributed by atoms with Crippen LogP contribution < -0.4 is 0 Å². The second-order valence-electron chi connectivity index (χ2n) is 4.14. The van der Waals surface area contributed by atoms with Gasteiger partial charge in [0, 0.05) is 6.54 Å². The molecule has 1 unspecified atom stereocenters. The summed E-state index contributed by atoms with van der Waals surface area (Å²) in [5.41, 5.74) is 0. The average molecular weight is 167 g/mol. The van der Waals surface area contributed by atoms with Crippen molar-refractivity contribution >= 4 is 6.29 Å². The van der Waals surface area contributed by atoms with E-state index in [0.29, 0.717) is 0 Å². The van der Waals surface area contributed by atoms with Crippen LogP contribution in [0.5, 0.6) is 0 Å². The fourth-order valence-corrected chi connectivity index (χ4v) is 2.03. The van der Waals surface area contributed by atoms with Crippen molar-refractivity contribution in [1.29, 1.82) is 0 Å². The smallest absolute Gasteiger partial charge is 0.137 e. The lowest BCUT2D eigenvalue weighted by molar-refractivity contribution is -0.113. The summed E-state index contributed by atoms with van der Waals surface area (Å²) in [5.74, 6) is 0.922. The monoisotopic (exact) mass is 167 g/mol. The molecule has 1 aliphatic carbocycles. The van der Waals surface area contributed by atoms with Crippen LogP contribution in [-0.4, -0.2) is 30.3 Å².